The normalized spacial score (nSPS) is 9.85. The molecule has 1 aromatic heterocycles. The molecule has 0 saturated heterocycles. The Morgan fingerprint density at radius 3 is 2.60 bits per heavy atom. The Labute approximate surface area is 118 Å². The van der Waals surface area contributed by atoms with Crippen molar-refractivity contribution in [1.29, 1.82) is 0 Å². The Balaban J connectivity index is 2.55. The molecule has 0 bridgehead atoms. The van der Waals surface area contributed by atoms with Crippen molar-refractivity contribution in [3.05, 3.63) is 42.7 Å². The predicted molar refractivity (Wildman–Crippen MR) is 75.4 cm³/mol. The number of nitrogens with zero attached hydrogens (tertiary/aromatic N) is 3. The third-order valence-electron chi connectivity index (χ3n) is 2.76. The zero-order valence-electron chi connectivity index (χ0n) is 11.5. The van der Waals surface area contributed by atoms with Crippen molar-refractivity contribution in [3.63, 3.8) is 0 Å². The van der Waals surface area contributed by atoms with Crippen LogP contribution in [0, 0.1) is 0 Å². The molecule has 6 nitrogen and oxygen atoms in total. The van der Waals surface area contributed by atoms with Gasteiger partial charge in [-0.1, -0.05) is 6.08 Å². The molecule has 0 aliphatic heterocycles. The van der Waals surface area contributed by atoms with Crippen LogP contribution in [-0.2, 0) is 11.2 Å². The van der Waals surface area contributed by atoms with Gasteiger partial charge in [-0.3, -0.25) is 9.78 Å². The van der Waals surface area contributed by atoms with E-state index < -0.39 is 5.97 Å². The van der Waals surface area contributed by atoms with Crippen molar-refractivity contribution in [3.8, 4) is 0 Å². The number of hydrogen-bond donors (Lipinski definition) is 1. The smallest absolute Gasteiger partial charge is 0.323 e. The SMILES string of the molecule is C=CCN(CC(=O)O)C(=O)N(C)CCc1ccncc1. The second-order valence-electron chi connectivity index (χ2n) is 4.37. The van der Waals surface area contributed by atoms with Crippen molar-refractivity contribution in [2.75, 3.05) is 26.7 Å². The molecule has 20 heavy (non-hydrogen) atoms. The van der Waals surface area contributed by atoms with Gasteiger partial charge >= 0.3 is 12.0 Å². The number of carbonyl (C=O) groups is 2. The van der Waals surface area contributed by atoms with Gasteiger partial charge in [-0.15, -0.1) is 6.58 Å². The maximum atomic E-state index is 12.1. The largest absolute Gasteiger partial charge is 0.480 e. The number of carboxylic acid groups (broad SMARTS) is 1. The lowest BCUT2D eigenvalue weighted by molar-refractivity contribution is -0.137. The number of carbonyl (C=O) groups excluding carboxylic acids is 1. The highest BCUT2D eigenvalue weighted by Crippen LogP contribution is 2.02. The Kier molecular flexibility index (Phi) is 6.22. The van der Waals surface area contributed by atoms with E-state index in [1.54, 1.807) is 19.4 Å². The summed E-state index contributed by atoms with van der Waals surface area (Å²) in [7, 11) is 1.65. The molecule has 0 radical (unpaired) electrons. The van der Waals surface area contributed by atoms with E-state index in [1.165, 1.54) is 15.9 Å². The first kappa shape index (κ1) is 15.7. The van der Waals surface area contributed by atoms with Crippen LogP contribution in [-0.4, -0.2) is 58.6 Å². The fourth-order valence-corrected chi connectivity index (χ4v) is 1.71. The van der Waals surface area contributed by atoms with Crippen molar-refractivity contribution < 1.29 is 14.7 Å². The van der Waals surface area contributed by atoms with Gasteiger partial charge in [-0.25, -0.2) is 4.79 Å². The van der Waals surface area contributed by atoms with Crippen LogP contribution < -0.4 is 0 Å². The molecule has 0 aliphatic carbocycles. The molecule has 0 saturated carbocycles. The Bertz CT molecular complexity index is 462. The number of aliphatic carboxylic acids is 1. The molecule has 1 N–H and O–H groups in total. The van der Waals surface area contributed by atoms with Gasteiger partial charge in [-0.2, -0.15) is 0 Å². The first-order chi connectivity index (χ1) is 9.54. The first-order valence-corrected chi connectivity index (χ1v) is 6.26. The Morgan fingerprint density at radius 2 is 2.05 bits per heavy atom. The van der Waals surface area contributed by atoms with Crippen LogP contribution in [0.25, 0.3) is 0 Å². The summed E-state index contributed by atoms with van der Waals surface area (Å²) >= 11 is 0. The number of hydrogen-bond acceptors (Lipinski definition) is 3. The van der Waals surface area contributed by atoms with Crippen molar-refractivity contribution >= 4 is 12.0 Å². The van der Waals surface area contributed by atoms with Crippen molar-refractivity contribution in [2.45, 2.75) is 6.42 Å². The first-order valence-electron chi connectivity index (χ1n) is 6.26. The quantitative estimate of drug-likeness (QED) is 0.761. The second-order valence-corrected chi connectivity index (χ2v) is 4.37. The van der Waals surface area contributed by atoms with Crippen LogP contribution in [0.5, 0.6) is 0 Å². The summed E-state index contributed by atoms with van der Waals surface area (Å²) in [5, 5.41) is 8.80. The minimum Gasteiger partial charge on any atom is -0.480 e. The summed E-state index contributed by atoms with van der Waals surface area (Å²) in [6.07, 6.45) is 5.61. The standard InChI is InChI=1S/C14H19N3O3/c1-3-9-17(11-13(18)19)14(20)16(2)10-6-12-4-7-15-8-5-12/h3-5,7-8H,1,6,9-11H2,2H3,(H,18,19). The lowest BCUT2D eigenvalue weighted by atomic mass is 10.2. The summed E-state index contributed by atoms with van der Waals surface area (Å²) in [5.74, 6) is -1.04. The maximum absolute atomic E-state index is 12.1. The van der Waals surface area contributed by atoms with Gasteiger partial charge < -0.3 is 14.9 Å². The minimum absolute atomic E-state index is 0.213. The number of likely N-dealkylation sites (N-methyl/N-ethyl adjacent to an activating group) is 1. The van der Waals surface area contributed by atoms with Gasteiger partial charge in [0.2, 0.25) is 0 Å². The van der Waals surface area contributed by atoms with Crippen LogP contribution >= 0.6 is 0 Å². The molecule has 0 spiro atoms. The second kappa shape index (κ2) is 7.93. The van der Waals surface area contributed by atoms with Gasteiger partial charge in [0.15, 0.2) is 0 Å². The molecule has 108 valence electrons. The molecular formula is C14H19N3O3. The lowest BCUT2D eigenvalue weighted by Crippen LogP contribution is -2.44. The van der Waals surface area contributed by atoms with E-state index in [0.29, 0.717) is 13.0 Å². The molecule has 0 aliphatic rings. The topological polar surface area (TPSA) is 73.7 Å². The van der Waals surface area contributed by atoms with Gasteiger partial charge in [0, 0.05) is 32.5 Å². The summed E-state index contributed by atoms with van der Waals surface area (Å²) in [5.41, 5.74) is 1.08. The number of rotatable bonds is 7. The van der Waals surface area contributed by atoms with E-state index in [0.717, 1.165) is 5.56 Å². The van der Waals surface area contributed by atoms with Crippen LogP contribution in [0.2, 0.25) is 0 Å². The monoisotopic (exact) mass is 277 g/mol. The van der Waals surface area contributed by atoms with Gasteiger partial charge in [0.05, 0.1) is 0 Å². The molecule has 0 unspecified atom stereocenters. The van der Waals surface area contributed by atoms with Crippen LogP contribution in [0.15, 0.2) is 37.2 Å². The molecule has 0 atom stereocenters. The van der Waals surface area contributed by atoms with E-state index >= 15 is 0 Å². The van der Waals surface area contributed by atoms with E-state index in [2.05, 4.69) is 11.6 Å². The fraction of sp³-hybridized carbons (Fsp3) is 0.357. The minimum atomic E-state index is -1.04. The summed E-state index contributed by atoms with van der Waals surface area (Å²) in [4.78, 5) is 29.5. The summed E-state index contributed by atoms with van der Waals surface area (Å²) in [6.45, 7) is 3.92. The fourth-order valence-electron chi connectivity index (χ4n) is 1.71. The van der Waals surface area contributed by atoms with E-state index in [1.807, 2.05) is 12.1 Å². The lowest BCUT2D eigenvalue weighted by Gasteiger charge is -2.26. The van der Waals surface area contributed by atoms with E-state index in [-0.39, 0.29) is 19.1 Å². The van der Waals surface area contributed by atoms with Crippen molar-refractivity contribution in [2.24, 2.45) is 0 Å². The Morgan fingerprint density at radius 1 is 1.40 bits per heavy atom. The van der Waals surface area contributed by atoms with Crippen molar-refractivity contribution in [1.82, 2.24) is 14.8 Å². The Hall–Kier alpha value is -2.37. The van der Waals surface area contributed by atoms with Gasteiger partial charge in [0.25, 0.3) is 0 Å². The van der Waals surface area contributed by atoms with E-state index in [9.17, 15) is 9.59 Å². The summed E-state index contributed by atoms with van der Waals surface area (Å²) < 4.78 is 0. The number of amides is 2. The third-order valence-corrected chi connectivity index (χ3v) is 2.76. The maximum Gasteiger partial charge on any atom is 0.323 e. The summed E-state index contributed by atoms with van der Waals surface area (Å²) in [6, 6.07) is 3.45. The molecule has 1 aromatic rings. The molecule has 0 fully saturated rings. The third kappa shape index (κ3) is 5.09. The molecule has 1 heterocycles. The number of urea groups is 1. The average Bonchev–Trinajstić information content (AvgIpc) is 2.44. The van der Waals surface area contributed by atoms with Crippen LogP contribution in [0.3, 0.4) is 0 Å². The predicted octanol–water partition coefficient (Wildman–Crippen LogP) is 1.25. The van der Waals surface area contributed by atoms with Crippen LogP contribution in [0.1, 0.15) is 5.56 Å². The zero-order valence-corrected chi connectivity index (χ0v) is 11.5. The number of aromatic nitrogens is 1. The average molecular weight is 277 g/mol. The highest BCUT2D eigenvalue weighted by atomic mass is 16.4. The highest BCUT2D eigenvalue weighted by Gasteiger charge is 2.18. The zero-order chi connectivity index (χ0) is 15.0. The highest BCUT2D eigenvalue weighted by molar-refractivity contribution is 5.80. The molecule has 6 heteroatoms. The van der Waals surface area contributed by atoms with Crippen LogP contribution in [0.4, 0.5) is 4.79 Å². The molecule has 2 amide bonds. The van der Waals surface area contributed by atoms with Gasteiger partial charge in [0.1, 0.15) is 6.54 Å². The molecule has 0 aromatic carbocycles. The molecular weight excluding hydrogens is 258 g/mol. The number of pyridine rings is 1. The number of carboxylic acids is 1. The van der Waals surface area contributed by atoms with Gasteiger partial charge in [-0.05, 0) is 24.1 Å². The van der Waals surface area contributed by atoms with E-state index in [4.69, 9.17) is 5.11 Å². The molecule has 1 rings (SSSR count).